The van der Waals surface area contributed by atoms with E-state index in [0.717, 1.165) is 45.0 Å². The summed E-state index contributed by atoms with van der Waals surface area (Å²) >= 11 is 0. The summed E-state index contributed by atoms with van der Waals surface area (Å²) in [6, 6.07) is 29.3. The molecule has 0 amide bonds. The summed E-state index contributed by atoms with van der Waals surface area (Å²) in [5.41, 5.74) is 9.46. The lowest BCUT2D eigenvalue weighted by atomic mass is 9.89. The molecule has 5 rings (SSSR count). The van der Waals surface area contributed by atoms with E-state index in [2.05, 4.69) is 77.4 Å². The standard InChI is InChI=1S/C30H23N3/c1-19-20(2)32-21(3)33-30(19)25-11-9-24(10-12-25)29-27-8-6-5-7-22(27)15-18-28(29)23-13-16-26(31-4)17-14-23/h5-18H,1-3H3. The third-order valence-electron chi connectivity index (χ3n) is 6.18. The van der Waals surface area contributed by atoms with Crippen LogP contribution in [-0.2, 0) is 0 Å². The Bertz CT molecular complexity index is 1520. The van der Waals surface area contributed by atoms with Crippen LogP contribution in [0.5, 0.6) is 0 Å². The van der Waals surface area contributed by atoms with E-state index in [4.69, 9.17) is 11.6 Å². The van der Waals surface area contributed by atoms with Crippen molar-refractivity contribution in [3.05, 3.63) is 113 Å². The van der Waals surface area contributed by atoms with Gasteiger partial charge in [-0.1, -0.05) is 84.9 Å². The molecule has 0 N–H and O–H groups in total. The topological polar surface area (TPSA) is 30.1 Å². The molecule has 5 aromatic rings. The molecule has 0 bridgehead atoms. The Hall–Kier alpha value is -4.29. The molecule has 0 fully saturated rings. The lowest BCUT2D eigenvalue weighted by Gasteiger charge is -2.15. The molecule has 4 aromatic carbocycles. The minimum atomic E-state index is 0.649. The maximum atomic E-state index is 7.25. The number of aromatic nitrogens is 2. The highest BCUT2D eigenvalue weighted by molar-refractivity contribution is 6.04. The fourth-order valence-electron chi connectivity index (χ4n) is 4.38. The van der Waals surface area contributed by atoms with Gasteiger partial charge in [-0.15, -0.1) is 0 Å². The van der Waals surface area contributed by atoms with Crippen LogP contribution in [0.3, 0.4) is 0 Å². The van der Waals surface area contributed by atoms with E-state index in [1.807, 2.05) is 38.1 Å². The average molecular weight is 426 g/mol. The van der Waals surface area contributed by atoms with Gasteiger partial charge in [0.05, 0.1) is 12.3 Å². The Kier molecular flexibility index (Phi) is 5.20. The van der Waals surface area contributed by atoms with Crippen LogP contribution >= 0.6 is 0 Å². The molecule has 0 atom stereocenters. The van der Waals surface area contributed by atoms with Crippen molar-refractivity contribution < 1.29 is 0 Å². The summed E-state index contributed by atoms with van der Waals surface area (Å²) in [7, 11) is 0. The smallest absolute Gasteiger partial charge is 0.187 e. The maximum absolute atomic E-state index is 7.25. The zero-order valence-electron chi connectivity index (χ0n) is 18.9. The van der Waals surface area contributed by atoms with Crippen LogP contribution in [0.1, 0.15) is 17.1 Å². The Morgan fingerprint density at radius 1 is 0.667 bits per heavy atom. The fourth-order valence-corrected chi connectivity index (χ4v) is 4.38. The van der Waals surface area contributed by atoms with E-state index in [-0.39, 0.29) is 0 Å². The molecule has 0 aliphatic carbocycles. The molecule has 0 aliphatic rings. The predicted molar refractivity (Wildman–Crippen MR) is 136 cm³/mol. The molecule has 3 nitrogen and oxygen atoms in total. The van der Waals surface area contributed by atoms with Gasteiger partial charge in [-0.05, 0) is 59.4 Å². The van der Waals surface area contributed by atoms with Gasteiger partial charge in [-0.3, -0.25) is 0 Å². The van der Waals surface area contributed by atoms with E-state index >= 15 is 0 Å². The van der Waals surface area contributed by atoms with Crippen molar-refractivity contribution in [2.24, 2.45) is 0 Å². The van der Waals surface area contributed by atoms with Gasteiger partial charge in [0.25, 0.3) is 0 Å². The molecule has 0 radical (unpaired) electrons. The van der Waals surface area contributed by atoms with Crippen LogP contribution in [0.15, 0.2) is 84.9 Å². The van der Waals surface area contributed by atoms with E-state index in [9.17, 15) is 0 Å². The Morgan fingerprint density at radius 2 is 1.33 bits per heavy atom. The molecule has 33 heavy (non-hydrogen) atoms. The minimum Gasteiger partial charge on any atom is -0.238 e. The number of nitrogens with zero attached hydrogens (tertiary/aromatic N) is 3. The van der Waals surface area contributed by atoms with Crippen molar-refractivity contribution in [2.75, 3.05) is 0 Å². The zero-order chi connectivity index (χ0) is 22.9. The molecule has 0 saturated carbocycles. The van der Waals surface area contributed by atoms with Crippen molar-refractivity contribution in [2.45, 2.75) is 20.8 Å². The van der Waals surface area contributed by atoms with E-state index in [1.165, 1.54) is 16.3 Å². The maximum Gasteiger partial charge on any atom is 0.187 e. The van der Waals surface area contributed by atoms with Crippen molar-refractivity contribution in [1.82, 2.24) is 9.97 Å². The van der Waals surface area contributed by atoms with Gasteiger partial charge in [0, 0.05) is 11.3 Å². The first kappa shape index (κ1) is 20.6. The highest BCUT2D eigenvalue weighted by Crippen LogP contribution is 2.39. The van der Waals surface area contributed by atoms with Gasteiger partial charge in [0.15, 0.2) is 5.69 Å². The van der Waals surface area contributed by atoms with E-state index in [1.54, 1.807) is 0 Å². The lowest BCUT2D eigenvalue weighted by molar-refractivity contribution is 0.992. The van der Waals surface area contributed by atoms with Gasteiger partial charge in [-0.2, -0.15) is 0 Å². The summed E-state index contributed by atoms with van der Waals surface area (Å²) in [6.45, 7) is 13.3. The Labute approximate surface area is 194 Å². The molecular formula is C30H23N3. The summed E-state index contributed by atoms with van der Waals surface area (Å²) in [6.07, 6.45) is 0. The first-order valence-electron chi connectivity index (χ1n) is 11.0. The molecule has 0 saturated heterocycles. The molecule has 0 aliphatic heterocycles. The van der Waals surface area contributed by atoms with Crippen LogP contribution in [0.4, 0.5) is 5.69 Å². The van der Waals surface area contributed by atoms with Crippen LogP contribution in [-0.4, -0.2) is 9.97 Å². The normalized spacial score (nSPS) is 10.8. The Morgan fingerprint density at radius 3 is 2.06 bits per heavy atom. The van der Waals surface area contributed by atoms with Crippen molar-refractivity contribution in [1.29, 1.82) is 0 Å². The first-order valence-corrected chi connectivity index (χ1v) is 11.0. The summed E-state index contributed by atoms with van der Waals surface area (Å²) in [4.78, 5) is 12.7. The summed E-state index contributed by atoms with van der Waals surface area (Å²) < 4.78 is 0. The molecule has 3 heteroatoms. The fraction of sp³-hybridized carbons (Fsp3) is 0.100. The monoisotopic (exact) mass is 425 g/mol. The van der Waals surface area contributed by atoms with Crippen LogP contribution in [0.25, 0.3) is 49.1 Å². The molecule has 0 unspecified atom stereocenters. The van der Waals surface area contributed by atoms with Gasteiger partial charge in [0.1, 0.15) is 5.82 Å². The molecule has 1 heterocycles. The molecule has 0 spiro atoms. The number of hydrogen-bond acceptors (Lipinski definition) is 2. The molecule has 158 valence electrons. The first-order chi connectivity index (χ1) is 16.0. The number of rotatable bonds is 3. The highest BCUT2D eigenvalue weighted by atomic mass is 14.9. The molecule has 1 aromatic heterocycles. The number of aryl methyl sites for hydroxylation is 2. The van der Waals surface area contributed by atoms with Crippen LogP contribution < -0.4 is 0 Å². The summed E-state index contributed by atoms with van der Waals surface area (Å²) in [5, 5.41) is 2.41. The predicted octanol–water partition coefficient (Wildman–Crippen LogP) is 8.11. The SMILES string of the molecule is [C-]#[N+]c1ccc(-c2ccc3ccccc3c2-c2ccc(-c3nc(C)nc(C)c3C)cc2)cc1. The Balaban J connectivity index is 1.69. The quantitative estimate of drug-likeness (QED) is 0.273. The third kappa shape index (κ3) is 3.77. The summed E-state index contributed by atoms with van der Waals surface area (Å²) in [5.74, 6) is 0.788. The highest BCUT2D eigenvalue weighted by Gasteiger charge is 2.14. The number of hydrogen-bond donors (Lipinski definition) is 0. The van der Waals surface area contributed by atoms with Crippen molar-refractivity contribution >= 4 is 16.5 Å². The second-order valence-corrected chi connectivity index (χ2v) is 8.28. The van der Waals surface area contributed by atoms with Gasteiger partial charge < -0.3 is 0 Å². The number of benzene rings is 4. The van der Waals surface area contributed by atoms with Gasteiger partial charge in [0.2, 0.25) is 0 Å². The van der Waals surface area contributed by atoms with Gasteiger partial charge >= 0.3 is 0 Å². The minimum absolute atomic E-state index is 0.649. The third-order valence-corrected chi connectivity index (χ3v) is 6.18. The van der Waals surface area contributed by atoms with E-state index < -0.39 is 0 Å². The second-order valence-electron chi connectivity index (χ2n) is 8.28. The van der Waals surface area contributed by atoms with E-state index in [0.29, 0.717) is 5.69 Å². The molecular weight excluding hydrogens is 402 g/mol. The van der Waals surface area contributed by atoms with Crippen LogP contribution in [0.2, 0.25) is 0 Å². The average Bonchev–Trinajstić information content (AvgIpc) is 2.86. The van der Waals surface area contributed by atoms with Crippen LogP contribution in [0, 0.1) is 27.3 Å². The van der Waals surface area contributed by atoms with Crippen molar-refractivity contribution in [3.8, 4) is 33.5 Å². The number of fused-ring (bicyclic) bond motifs is 1. The van der Waals surface area contributed by atoms with Gasteiger partial charge in [-0.25, -0.2) is 14.8 Å². The van der Waals surface area contributed by atoms with Crippen molar-refractivity contribution in [3.63, 3.8) is 0 Å². The zero-order valence-corrected chi connectivity index (χ0v) is 18.9. The second kappa shape index (κ2) is 8.33. The largest absolute Gasteiger partial charge is 0.238 e. The lowest BCUT2D eigenvalue weighted by Crippen LogP contribution is -1.99.